The molecule has 0 aliphatic heterocycles. The third kappa shape index (κ3) is 4.74. The summed E-state index contributed by atoms with van der Waals surface area (Å²) in [6.45, 7) is 6.81. The molecule has 0 saturated heterocycles. The van der Waals surface area contributed by atoms with Crippen molar-refractivity contribution >= 4 is 5.78 Å². The molecular formula is C26H28O. The summed E-state index contributed by atoms with van der Waals surface area (Å²) in [5, 5.41) is 0. The Bertz CT molecular complexity index is 845. The summed E-state index contributed by atoms with van der Waals surface area (Å²) in [5.41, 5.74) is 3.34. The first kappa shape index (κ1) is 19.1. The second-order valence-electron chi connectivity index (χ2n) is 8.26. The second kappa shape index (κ2) is 8.35. The minimum absolute atomic E-state index is 0.0266. The Labute approximate surface area is 163 Å². The van der Waals surface area contributed by atoms with Gasteiger partial charge in [0, 0.05) is 12.0 Å². The molecule has 0 aliphatic carbocycles. The van der Waals surface area contributed by atoms with Gasteiger partial charge < -0.3 is 0 Å². The summed E-state index contributed by atoms with van der Waals surface area (Å²) >= 11 is 0. The molecular weight excluding hydrogens is 328 g/mol. The van der Waals surface area contributed by atoms with Crippen LogP contribution in [0.4, 0.5) is 0 Å². The second-order valence-corrected chi connectivity index (χ2v) is 8.26. The lowest BCUT2D eigenvalue weighted by atomic mass is 9.66. The van der Waals surface area contributed by atoms with Crippen molar-refractivity contribution in [3.63, 3.8) is 0 Å². The molecule has 3 aromatic rings. The van der Waals surface area contributed by atoms with Gasteiger partial charge in [-0.15, -0.1) is 0 Å². The SMILES string of the molecule is CC(C)(C)[C@@H](c1ccccc1)[C@@H](CC(=O)c1ccccc1)c1ccccc1. The summed E-state index contributed by atoms with van der Waals surface area (Å²) in [6.07, 6.45) is 0.505. The zero-order chi connectivity index (χ0) is 19.3. The highest BCUT2D eigenvalue weighted by Gasteiger charge is 2.35. The van der Waals surface area contributed by atoms with Crippen molar-refractivity contribution in [3.8, 4) is 0 Å². The minimum Gasteiger partial charge on any atom is -0.294 e. The van der Waals surface area contributed by atoms with Gasteiger partial charge in [0.25, 0.3) is 0 Å². The van der Waals surface area contributed by atoms with Crippen LogP contribution in [0.5, 0.6) is 0 Å². The van der Waals surface area contributed by atoms with Crippen molar-refractivity contribution in [1.82, 2.24) is 0 Å². The number of hydrogen-bond acceptors (Lipinski definition) is 1. The van der Waals surface area contributed by atoms with Crippen LogP contribution in [0.3, 0.4) is 0 Å². The third-order valence-corrected chi connectivity index (χ3v) is 5.22. The van der Waals surface area contributed by atoms with Crippen LogP contribution in [-0.2, 0) is 0 Å². The predicted octanol–water partition coefficient (Wildman–Crippen LogP) is 6.87. The van der Waals surface area contributed by atoms with Crippen molar-refractivity contribution in [2.45, 2.75) is 39.0 Å². The molecule has 0 heterocycles. The van der Waals surface area contributed by atoms with Crippen LogP contribution in [0, 0.1) is 5.41 Å². The van der Waals surface area contributed by atoms with Crippen LogP contribution >= 0.6 is 0 Å². The molecule has 1 nitrogen and oxygen atoms in total. The molecule has 0 unspecified atom stereocenters. The largest absolute Gasteiger partial charge is 0.294 e. The van der Waals surface area contributed by atoms with E-state index >= 15 is 0 Å². The zero-order valence-corrected chi connectivity index (χ0v) is 16.4. The van der Waals surface area contributed by atoms with Gasteiger partial charge in [0.15, 0.2) is 5.78 Å². The van der Waals surface area contributed by atoms with Gasteiger partial charge >= 0.3 is 0 Å². The highest BCUT2D eigenvalue weighted by molar-refractivity contribution is 5.96. The van der Waals surface area contributed by atoms with E-state index in [0.29, 0.717) is 6.42 Å². The van der Waals surface area contributed by atoms with Crippen LogP contribution in [0.25, 0.3) is 0 Å². The lowest BCUT2D eigenvalue weighted by Gasteiger charge is -2.38. The van der Waals surface area contributed by atoms with E-state index in [2.05, 4.69) is 75.4 Å². The first-order chi connectivity index (χ1) is 13.0. The zero-order valence-electron chi connectivity index (χ0n) is 16.4. The van der Waals surface area contributed by atoms with Crippen molar-refractivity contribution < 1.29 is 4.79 Å². The standard InChI is InChI=1S/C26H28O/c1-26(2,3)25(22-17-11-6-12-18-22)23(20-13-7-4-8-14-20)19-24(27)21-15-9-5-10-16-21/h4-18,23,25H,19H2,1-3H3/t23-,25-/m0/s1. The molecule has 0 aromatic heterocycles. The highest BCUT2D eigenvalue weighted by atomic mass is 16.1. The van der Waals surface area contributed by atoms with Crippen LogP contribution < -0.4 is 0 Å². The summed E-state index contributed by atoms with van der Waals surface area (Å²) in [4.78, 5) is 13.1. The van der Waals surface area contributed by atoms with Gasteiger partial charge in [-0.3, -0.25) is 4.79 Å². The van der Waals surface area contributed by atoms with Gasteiger partial charge in [-0.25, -0.2) is 0 Å². The Morgan fingerprint density at radius 1 is 0.704 bits per heavy atom. The van der Waals surface area contributed by atoms with E-state index in [4.69, 9.17) is 0 Å². The predicted molar refractivity (Wildman–Crippen MR) is 113 cm³/mol. The van der Waals surface area contributed by atoms with E-state index < -0.39 is 0 Å². The number of Topliss-reactive ketones (excluding diaryl/α,β-unsaturated/α-hetero) is 1. The van der Waals surface area contributed by atoms with Gasteiger partial charge in [0.1, 0.15) is 0 Å². The molecule has 3 rings (SSSR count). The van der Waals surface area contributed by atoms with E-state index in [0.717, 1.165) is 5.56 Å². The first-order valence-electron chi connectivity index (χ1n) is 9.65. The van der Waals surface area contributed by atoms with E-state index in [9.17, 15) is 4.79 Å². The van der Waals surface area contributed by atoms with E-state index in [1.165, 1.54) is 11.1 Å². The third-order valence-electron chi connectivity index (χ3n) is 5.22. The average Bonchev–Trinajstić information content (AvgIpc) is 2.68. The summed E-state index contributed by atoms with van der Waals surface area (Å²) < 4.78 is 0. The number of ketones is 1. The normalized spacial score (nSPS) is 13.7. The van der Waals surface area contributed by atoms with Gasteiger partial charge in [-0.1, -0.05) is 112 Å². The van der Waals surface area contributed by atoms with Crippen molar-refractivity contribution in [2.75, 3.05) is 0 Å². The van der Waals surface area contributed by atoms with Gasteiger partial charge in [0.2, 0.25) is 0 Å². The monoisotopic (exact) mass is 356 g/mol. The lowest BCUT2D eigenvalue weighted by molar-refractivity contribution is 0.0960. The maximum Gasteiger partial charge on any atom is 0.163 e. The fourth-order valence-corrected chi connectivity index (χ4v) is 4.07. The summed E-state index contributed by atoms with van der Waals surface area (Å²) in [6, 6.07) is 30.8. The Morgan fingerprint density at radius 2 is 1.15 bits per heavy atom. The van der Waals surface area contributed by atoms with Gasteiger partial charge in [-0.05, 0) is 28.4 Å². The Kier molecular flexibility index (Phi) is 5.91. The molecule has 0 fully saturated rings. The van der Waals surface area contributed by atoms with Crippen LogP contribution in [0.2, 0.25) is 0 Å². The Hall–Kier alpha value is -2.67. The Balaban J connectivity index is 2.04. The smallest absolute Gasteiger partial charge is 0.163 e. The topological polar surface area (TPSA) is 17.1 Å². The van der Waals surface area contributed by atoms with Gasteiger partial charge in [-0.2, -0.15) is 0 Å². The minimum atomic E-state index is 0.0266. The van der Waals surface area contributed by atoms with E-state index in [1.807, 2.05) is 36.4 Å². The van der Waals surface area contributed by atoms with Crippen molar-refractivity contribution in [3.05, 3.63) is 108 Å². The average molecular weight is 357 g/mol. The summed E-state index contributed by atoms with van der Waals surface area (Å²) in [7, 11) is 0. The molecule has 0 aliphatic rings. The molecule has 0 N–H and O–H groups in total. The maximum atomic E-state index is 13.1. The molecule has 0 radical (unpaired) electrons. The quantitative estimate of drug-likeness (QED) is 0.440. The van der Waals surface area contributed by atoms with E-state index in [-0.39, 0.29) is 23.0 Å². The van der Waals surface area contributed by atoms with Gasteiger partial charge in [0.05, 0.1) is 0 Å². The molecule has 138 valence electrons. The van der Waals surface area contributed by atoms with Crippen LogP contribution in [-0.4, -0.2) is 5.78 Å². The fourth-order valence-electron chi connectivity index (χ4n) is 4.07. The first-order valence-corrected chi connectivity index (χ1v) is 9.65. The van der Waals surface area contributed by atoms with E-state index in [1.54, 1.807) is 0 Å². The molecule has 0 amide bonds. The number of benzene rings is 3. The fraction of sp³-hybridized carbons (Fsp3) is 0.269. The highest BCUT2D eigenvalue weighted by Crippen LogP contribution is 2.47. The number of hydrogen-bond donors (Lipinski definition) is 0. The molecule has 1 heteroatoms. The molecule has 0 saturated carbocycles. The van der Waals surface area contributed by atoms with Crippen LogP contribution in [0.1, 0.15) is 60.5 Å². The molecule has 0 bridgehead atoms. The molecule has 3 aromatic carbocycles. The van der Waals surface area contributed by atoms with Crippen molar-refractivity contribution in [1.29, 1.82) is 0 Å². The summed E-state index contributed by atoms with van der Waals surface area (Å²) in [5.74, 6) is 0.574. The Morgan fingerprint density at radius 3 is 1.63 bits per heavy atom. The lowest BCUT2D eigenvalue weighted by Crippen LogP contribution is -2.27. The molecule has 2 atom stereocenters. The molecule has 0 spiro atoms. The number of rotatable bonds is 6. The number of carbonyl (C=O) groups is 1. The maximum absolute atomic E-state index is 13.1. The van der Waals surface area contributed by atoms with Crippen molar-refractivity contribution in [2.24, 2.45) is 5.41 Å². The number of carbonyl (C=O) groups excluding carboxylic acids is 1. The molecule has 27 heavy (non-hydrogen) atoms. The van der Waals surface area contributed by atoms with Crippen LogP contribution in [0.15, 0.2) is 91.0 Å².